The SMILES string of the molecule is N#CC(C#N)=C/C(C#N)=C(\N)N1CCN(c2ccc(Cl)c(Cl)c2)CC1. The highest BCUT2D eigenvalue weighted by Gasteiger charge is 2.20. The molecule has 6 nitrogen and oxygen atoms in total. The van der Waals surface area contributed by atoms with E-state index in [4.69, 9.17) is 39.5 Å². The van der Waals surface area contributed by atoms with Crippen LogP contribution < -0.4 is 10.6 Å². The van der Waals surface area contributed by atoms with Crippen molar-refractivity contribution >= 4 is 28.9 Å². The van der Waals surface area contributed by atoms with E-state index in [1.807, 2.05) is 23.1 Å². The molecule has 126 valence electrons. The summed E-state index contributed by atoms with van der Waals surface area (Å²) in [6, 6.07) is 10.9. The number of hydrogen-bond donors (Lipinski definition) is 1. The molecule has 0 unspecified atom stereocenters. The molecule has 1 saturated heterocycles. The van der Waals surface area contributed by atoms with Gasteiger partial charge in [0.2, 0.25) is 0 Å². The zero-order valence-electron chi connectivity index (χ0n) is 13.2. The van der Waals surface area contributed by atoms with Gasteiger partial charge in [0, 0.05) is 31.9 Å². The van der Waals surface area contributed by atoms with E-state index in [1.54, 1.807) is 18.2 Å². The molecule has 2 N–H and O–H groups in total. The Morgan fingerprint density at radius 2 is 1.64 bits per heavy atom. The standard InChI is InChI=1S/C17H14Cl2N6/c18-15-2-1-14(8-16(15)19)24-3-5-25(6-4-24)17(23)13(11-22)7-12(9-20)10-21/h1-2,7-8H,3-6,23H2/b17-13-. The van der Waals surface area contributed by atoms with Gasteiger partial charge < -0.3 is 15.5 Å². The summed E-state index contributed by atoms with van der Waals surface area (Å²) < 4.78 is 0. The number of nitrogens with two attached hydrogens (primary N) is 1. The molecule has 8 heteroatoms. The fourth-order valence-electron chi connectivity index (χ4n) is 2.46. The molecule has 0 amide bonds. The van der Waals surface area contributed by atoms with E-state index in [1.165, 1.54) is 6.08 Å². The van der Waals surface area contributed by atoms with Crippen molar-refractivity contribution in [3.63, 3.8) is 0 Å². The average Bonchev–Trinajstić information content (AvgIpc) is 2.65. The van der Waals surface area contributed by atoms with E-state index in [0.29, 0.717) is 36.2 Å². The summed E-state index contributed by atoms with van der Waals surface area (Å²) >= 11 is 12.0. The van der Waals surface area contributed by atoms with Gasteiger partial charge in [-0.2, -0.15) is 15.8 Å². The summed E-state index contributed by atoms with van der Waals surface area (Å²) in [5.41, 5.74) is 6.97. The van der Waals surface area contributed by atoms with Gasteiger partial charge in [-0.15, -0.1) is 0 Å². The molecule has 0 atom stereocenters. The summed E-state index contributed by atoms with van der Waals surface area (Å²) in [6.07, 6.45) is 1.21. The minimum atomic E-state index is -0.158. The smallest absolute Gasteiger partial charge is 0.131 e. The zero-order chi connectivity index (χ0) is 18.4. The first-order chi connectivity index (χ1) is 12.0. The second-order valence-corrected chi connectivity index (χ2v) is 6.08. The average molecular weight is 373 g/mol. The number of allylic oxidation sites excluding steroid dienone is 3. The van der Waals surface area contributed by atoms with Crippen molar-refractivity contribution in [3.05, 3.63) is 51.3 Å². The van der Waals surface area contributed by atoms with Crippen LogP contribution in [0.3, 0.4) is 0 Å². The van der Waals surface area contributed by atoms with Crippen molar-refractivity contribution in [2.24, 2.45) is 5.73 Å². The van der Waals surface area contributed by atoms with Crippen molar-refractivity contribution < 1.29 is 0 Å². The van der Waals surface area contributed by atoms with Crippen molar-refractivity contribution in [1.82, 2.24) is 4.90 Å². The van der Waals surface area contributed by atoms with Crippen LogP contribution in [0.25, 0.3) is 0 Å². The molecule has 0 spiro atoms. The molecular formula is C17H14Cl2N6. The fourth-order valence-corrected chi connectivity index (χ4v) is 2.75. The maximum absolute atomic E-state index is 9.24. The highest BCUT2D eigenvalue weighted by atomic mass is 35.5. The zero-order valence-corrected chi connectivity index (χ0v) is 14.7. The van der Waals surface area contributed by atoms with Gasteiger partial charge in [0.25, 0.3) is 0 Å². The summed E-state index contributed by atoms with van der Waals surface area (Å²) in [5.74, 6) is 0.263. The number of benzene rings is 1. The topological polar surface area (TPSA) is 104 Å². The van der Waals surface area contributed by atoms with Crippen LogP contribution in [0.5, 0.6) is 0 Å². The minimum absolute atomic E-state index is 0.112. The summed E-state index contributed by atoms with van der Waals surface area (Å²) in [7, 11) is 0. The predicted molar refractivity (Wildman–Crippen MR) is 96.4 cm³/mol. The van der Waals surface area contributed by atoms with E-state index in [2.05, 4.69) is 4.90 Å². The second kappa shape index (κ2) is 8.31. The van der Waals surface area contributed by atoms with Crippen LogP contribution >= 0.6 is 23.2 Å². The Bertz CT molecular complexity index is 829. The molecule has 0 radical (unpaired) electrons. The van der Waals surface area contributed by atoms with Crippen molar-refractivity contribution in [1.29, 1.82) is 15.8 Å². The fraction of sp³-hybridized carbons (Fsp3) is 0.235. The molecule has 0 aromatic heterocycles. The lowest BCUT2D eigenvalue weighted by Gasteiger charge is -2.37. The third-order valence-corrected chi connectivity index (χ3v) is 4.55. The third-order valence-electron chi connectivity index (χ3n) is 3.81. The Kier molecular flexibility index (Phi) is 6.14. The quantitative estimate of drug-likeness (QED) is 0.645. The first-order valence-corrected chi connectivity index (χ1v) is 8.12. The van der Waals surface area contributed by atoms with E-state index in [-0.39, 0.29) is 17.0 Å². The Morgan fingerprint density at radius 1 is 1.00 bits per heavy atom. The minimum Gasteiger partial charge on any atom is -0.384 e. The molecule has 1 heterocycles. The lowest BCUT2D eigenvalue weighted by molar-refractivity contribution is 0.317. The lowest BCUT2D eigenvalue weighted by Crippen LogP contribution is -2.47. The normalized spacial score (nSPS) is 14.7. The largest absolute Gasteiger partial charge is 0.384 e. The Hall–Kier alpha value is -2.85. The Morgan fingerprint density at radius 3 is 2.16 bits per heavy atom. The van der Waals surface area contributed by atoms with Crippen molar-refractivity contribution in [3.8, 4) is 18.2 Å². The van der Waals surface area contributed by atoms with Gasteiger partial charge in [-0.3, -0.25) is 0 Å². The molecular weight excluding hydrogens is 359 g/mol. The van der Waals surface area contributed by atoms with Gasteiger partial charge in [-0.1, -0.05) is 23.2 Å². The number of nitrogens with zero attached hydrogens (tertiary/aromatic N) is 5. The maximum atomic E-state index is 9.24. The molecule has 0 bridgehead atoms. The van der Waals surface area contributed by atoms with E-state index in [0.717, 1.165) is 5.69 Å². The van der Waals surface area contributed by atoms with Crippen LogP contribution in [0.4, 0.5) is 5.69 Å². The highest BCUT2D eigenvalue weighted by molar-refractivity contribution is 6.42. The maximum Gasteiger partial charge on any atom is 0.131 e. The highest BCUT2D eigenvalue weighted by Crippen LogP contribution is 2.28. The van der Waals surface area contributed by atoms with Crippen LogP contribution in [-0.2, 0) is 0 Å². The Labute approximate surface area is 156 Å². The monoisotopic (exact) mass is 372 g/mol. The molecule has 1 aliphatic rings. The van der Waals surface area contributed by atoms with Crippen LogP contribution in [0, 0.1) is 34.0 Å². The summed E-state index contributed by atoms with van der Waals surface area (Å²) in [4.78, 5) is 4.00. The molecule has 1 aromatic rings. The van der Waals surface area contributed by atoms with Gasteiger partial charge in [-0.25, -0.2) is 0 Å². The van der Waals surface area contributed by atoms with Gasteiger partial charge in [0.1, 0.15) is 29.6 Å². The van der Waals surface area contributed by atoms with Crippen LogP contribution in [0.15, 0.2) is 41.2 Å². The van der Waals surface area contributed by atoms with Crippen LogP contribution in [0.1, 0.15) is 0 Å². The van der Waals surface area contributed by atoms with Gasteiger partial charge in [-0.05, 0) is 24.3 Å². The molecule has 0 saturated carbocycles. The van der Waals surface area contributed by atoms with Crippen molar-refractivity contribution in [2.75, 3.05) is 31.1 Å². The van der Waals surface area contributed by atoms with E-state index < -0.39 is 0 Å². The van der Waals surface area contributed by atoms with E-state index in [9.17, 15) is 5.26 Å². The van der Waals surface area contributed by atoms with E-state index >= 15 is 0 Å². The molecule has 25 heavy (non-hydrogen) atoms. The van der Waals surface area contributed by atoms with Gasteiger partial charge >= 0.3 is 0 Å². The van der Waals surface area contributed by atoms with Crippen molar-refractivity contribution in [2.45, 2.75) is 0 Å². The number of hydrogen-bond acceptors (Lipinski definition) is 6. The number of rotatable bonds is 3. The molecule has 1 aliphatic heterocycles. The summed E-state index contributed by atoms with van der Waals surface area (Å²) in [5, 5.41) is 27.9. The number of anilines is 1. The number of nitriles is 3. The predicted octanol–water partition coefficient (Wildman–Crippen LogP) is 2.78. The number of halogens is 2. The Balaban J connectivity index is 2.13. The second-order valence-electron chi connectivity index (χ2n) is 5.26. The lowest BCUT2D eigenvalue weighted by atomic mass is 10.1. The molecule has 1 aromatic carbocycles. The van der Waals surface area contributed by atoms with Gasteiger partial charge in [0.05, 0.1) is 15.6 Å². The summed E-state index contributed by atoms with van der Waals surface area (Å²) in [6.45, 7) is 2.56. The van der Waals surface area contributed by atoms with Crippen LogP contribution in [0.2, 0.25) is 10.0 Å². The molecule has 0 aliphatic carbocycles. The third kappa shape index (κ3) is 4.37. The van der Waals surface area contributed by atoms with Gasteiger partial charge in [0.15, 0.2) is 0 Å². The molecule has 1 fully saturated rings. The molecule has 2 rings (SSSR count). The first kappa shape index (κ1) is 18.5. The number of piperazine rings is 1. The van der Waals surface area contributed by atoms with Crippen LogP contribution in [-0.4, -0.2) is 31.1 Å². The first-order valence-electron chi connectivity index (χ1n) is 7.36.